The second kappa shape index (κ2) is 5.47. The Balaban J connectivity index is 2.54. The van der Waals surface area contributed by atoms with Gasteiger partial charge in [-0.1, -0.05) is 26.7 Å². The van der Waals surface area contributed by atoms with Crippen LogP contribution < -0.4 is 0 Å². The van der Waals surface area contributed by atoms with E-state index in [9.17, 15) is 14.0 Å². The van der Waals surface area contributed by atoms with Gasteiger partial charge in [0.05, 0.1) is 6.54 Å². The summed E-state index contributed by atoms with van der Waals surface area (Å²) in [6.45, 7) is 3.94. The van der Waals surface area contributed by atoms with Crippen LogP contribution in [0.2, 0.25) is 0 Å². The van der Waals surface area contributed by atoms with E-state index in [-0.39, 0.29) is 25.4 Å². The van der Waals surface area contributed by atoms with Gasteiger partial charge in [-0.05, 0) is 5.92 Å². The molecule has 0 aromatic rings. The number of rotatable bonds is 5. The van der Waals surface area contributed by atoms with Crippen LogP contribution in [0.15, 0.2) is 0 Å². The highest BCUT2D eigenvalue weighted by Crippen LogP contribution is 2.27. The average molecular weight is 245 g/mol. The van der Waals surface area contributed by atoms with E-state index in [0.717, 1.165) is 12.8 Å². The molecule has 0 bridgehead atoms. The van der Waals surface area contributed by atoms with Gasteiger partial charge in [-0.15, -0.1) is 0 Å². The third-order valence-corrected chi connectivity index (χ3v) is 3.57. The fourth-order valence-electron chi connectivity index (χ4n) is 2.11. The molecule has 1 fully saturated rings. The Bertz CT molecular complexity index is 304. The van der Waals surface area contributed by atoms with Crippen LogP contribution in [-0.4, -0.2) is 40.6 Å². The Morgan fingerprint density at radius 2 is 2.00 bits per heavy atom. The molecule has 0 spiro atoms. The number of carboxylic acid groups (broad SMARTS) is 1. The molecular weight excluding hydrogens is 225 g/mol. The Morgan fingerprint density at radius 3 is 2.41 bits per heavy atom. The summed E-state index contributed by atoms with van der Waals surface area (Å²) in [5.41, 5.74) is -2.25. The lowest BCUT2D eigenvalue weighted by molar-refractivity contribution is -0.150. The van der Waals surface area contributed by atoms with Crippen molar-refractivity contribution in [3.63, 3.8) is 0 Å². The molecule has 1 heterocycles. The van der Waals surface area contributed by atoms with Crippen LogP contribution in [-0.2, 0) is 9.59 Å². The first-order valence-corrected chi connectivity index (χ1v) is 6.13. The number of hydrogen-bond acceptors (Lipinski definition) is 2. The van der Waals surface area contributed by atoms with Gasteiger partial charge in [0.15, 0.2) is 0 Å². The summed E-state index contributed by atoms with van der Waals surface area (Å²) in [6, 6.07) is 0. The van der Waals surface area contributed by atoms with Crippen molar-refractivity contribution in [1.82, 2.24) is 4.90 Å². The first-order chi connectivity index (χ1) is 7.92. The smallest absolute Gasteiger partial charge is 0.343 e. The zero-order valence-corrected chi connectivity index (χ0v) is 10.4. The minimum atomic E-state index is -2.25. The number of hydrogen-bond donors (Lipinski definition) is 1. The fourth-order valence-corrected chi connectivity index (χ4v) is 2.11. The zero-order valence-electron chi connectivity index (χ0n) is 10.4. The monoisotopic (exact) mass is 245 g/mol. The maximum atomic E-state index is 13.8. The summed E-state index contributed by atoms with van der Waals surface area (Å²) in [5.74, 6) is -1.28. The molecule has 4 nitrogen and oxygen atoms in total. The lowest BCUT2D eigenvalue weighted by atomic mass is 9.99. The quantitative estimate of drug-likeness (QED) is 0.804. The number of nitrogens with zero attached hydrogens (tertiary/aromatic N) is 1. The van der Waals surface area contributed by atoms with Crippen molar-refractivity contribution in [1.29, 1.82) is 0 Å². The molecule has 17 heavy (non-hydrogen) atoms. The van der Waals surface area contributed by atoms with Crippen LogP contribution in [0.5, 0.6) is 0 Å². The van der Waals surface area contributed by atoms with E-state index < -0.39 is 11.6 Å². The fraction of sp³-hybridized carbons (Fsp3) is 0.833. The molecule has 0 radical (unpaired) electrons. The average Bonchev–Trinajstić information content (AvgIpc) is 2.70. The minimum absolute atomic E-state index is 0.100. The van der Waals surface area contributed by atoms with Crippen molar-refractivity contribution < 1.29 is 19.1 Å². The van der Waals surface area contributed by atoms with Gasteiger partial charge in [-0.25, -0.2) is 9.18 Å². The van der Waals surface area contributed by atoms with Crippen molar-refractivity contribution in [2.24, 2.45) is 5.92 Å². The van der Waals surface area contributed by atoms with Gasteiger partial charge in [-0.2, -0.15) is 0 Å². The molecule has 0 aliphatic carbocycles. The number of halogens is 1. The molecule has 1 aliphatic heterocycles. The number of carbonyl (C=O) groups is 2. The number of likely N-dealkylation sites (tertiary alicyclic amines) is 1. The van der Waals surface area contributed by atoms with E-state index in [0.29, 0.717) is 12.3 Å². The highest BCUT2D eigenvalue weighted by atomic mass is 19.1. The van der Waals surface area contributed by atoms with Gasteiger partial charge in [0.2, 0.25) is 11.6 Å². The molecule has 0 saturated carbocycles. The van der Waals surface area contributed by atoms with Crippen molar-refractivity contribution in [3.8, 4) is 0 Å². The van der Waals surface area contributed by atoms with Crippen molar-refractivity contribution in [2.75, 3.05) is 13.1 Å². The van der Waals surface area contributed by atoms with Gasteiger partial charge >= 0.3 is 5.97 Å². The van der Waals surface area contributed by atoms with Gasteiger partial charge in [0.1, 0.15) is 0 Å². The van der Waals surface area contributed by atoms with E-state index in [2.05, 4.69) is 0 Å². The molecule has 0 aromatic carbocycles. The SMILES string of the molecule is CCC(CC)CC(=O)N1CCC(F)(C(=O)O)C1. The van der Waals surface area contributed by atoms with E-state index in [1.807, 2.05) is 13.8 Å². The Hall–Kier alpha value is -1.13. The third kappa shape index (κ3) is 3.17. The molecule has 1 rings (SSSR count). The topological polar surface area (TPSA) is 57.6 Å². The number of carboxylic acids is 1. The normalized spacial score (nSPS) is 24.4. The number of amides is 1. The first-order valence-electron chi connectivity index (χ1n) is 6.13. The molecule has 0 aromatic heterocycles. The van der Waals surface area contributed by atoms with Gasteiger partial charge < -0.3 is 10.0 Å². The van der Waals surface area contributed by atoms with E-state index in [4.69, 9.17) is 5.11 Å². The summed E-state index contributed by atoms with van der Waals surface area (Å²) < 4.78 is 13.8. The van der Waals surface area contributed by atoms with Crippen molar-refractivity contribution in [2.45, 2.75) is 45.2 Å². The van der Waals surface area contributed by atoms with E-state index >= 15 is 0 Å². The molecule has 5 heteroatoms. The molecule has 98 valence electrons. The molecule has 1 aliphatic rings. The van der Waals surface area contributed by atoms with Crippen LogP contribution in [0.3, 0.4) is 0 Å². The largest absolute Gasteiger partial charge is 0.479 e. The molecular formula is C12H20FNO3. The van der Waals surface area contributed by atoms with Crippen LogP contribution in [0.25, 0.3) is 0 Å². The molecule has 1 saturated heterocycles. The van der Waals surface area contributed by atoms with Crippen LogP contribution in [0, 0.1) is 5.92 Å². The van der Waals surface area contributed by atoms with E-state index in [1.165, 1.54) is 4.90 Å². The van der Waals surface area contributed by atoms with Crippen LogP contribution in [0.4, 0.5) is 4.39 Å². The zero-order chi connectivity index (χ0) is 13.1. The van der Waals surface area contributed by atoms with Crippen LogP contribution >= 0.6 is 0 Å². The van der Waals surface area contributed by atoms with Gasteiger partial charge in [0, 0.05) is 19.4 Å². The lowest BCUT2D eigenvalue weighted by Gasteiger charge is -2.20. The summed E-state index contributed by atoms with van der Waals surface area (Å²) in [6.07, 6.45) is 2.12. The molecule has 1 amide bonds. The second-order valence-corrected chi connectivity index (χ2v) is 4.72. The highest BCUT2D eigenvalue weighted by molar-refractivity contribution is 5.82. The number of aliphatic carboxylic acids is 1. The second-order valence-electron chi connectivity index (χ2n) is 4.72. The Labute approximate surface area is 101 Å². The molecule has 1 unspecified atom stereocenters. The molecule has 1 atom stereocenters. The first kappa shape index (κ1) is 13.9. The predicted molar refractivity (Wildman–Crippen MR) is 61.4 cm³/mol. The maximum absolute atomic E-state index is 13.8. The van der Waals surface area contributed by atoms with Crippen molar-refractivity contribution >= 4 is 11.9 Å². The van der Waals surface area contributed by atoms with Crippen LogP contribution in [0.1, 0.15) is 39.5 Å². The number of carbonyl (C=O) groups excluding carboxylic acids is 1. The van der Waals surface area contributed by atoms with E-state index in [1.54, 1.807) is 0 Å². The van der Waals surface area contributed by atoms with Gasteiger partial charge in [0.25, 0.3) is 0 Å². The Morgan fingerprint density at radius 1 is 1.41 bits per heavy atom. The minimum Gasteiger partial charge on any atom is -0.479 e. The lowest BCUT2D eigenvalue weighted by Crippen LogP contribution is -2.39. The maximum Gasteiger partial charge on any atom is 0.343 e. The standard InChI is InChI=1S/C12H20FNO3/c1-3-9(4-2)7-10(15)14-6-5-12(13,8-14)11(16)17/h9H,3-8H2,1-2H3,(H,16,17). The highest BCUT2D eigenvalue weighted by Gasteiger charge is 2.46. The summed E-state index contributed by atoms with van der Waals surface area (Å²) in [7, 11) is 0. The van der Waals surface area contributed by atoms with Gasteiger partial charge in [-0.3, -0.25) is 4.79 Å². The predicted octanol–water partition coefficient (Wildman–Crippen LogP) is 1.84. The van der Waals surface area contributed by atoms with Crippen molar-refractivity contribution in [3.05, 3.63) is 0 Å². The summed E-state index contributed by atoms with van der Waals surface area (Å²) >= 11 is 0. The molecule has 1 N–H and O–H groups in total. The summed E-state index contributed by atoms with van der Waals surface area (Å²) in [4.78, 5) is 23.9. The number of alkyl halides is 1. The third-order valence-electron chi connectivity index (χ3n) is 3.57. The summed E-state index contributed by atoms with van der Waals surface area (Å²) in [5, 5.41) is 8.73. The Kier molecular flexibility index (Phi) is 4.48.